The minimum absolute atomic E-state index is 0. The van der Waals surface area contributed by atoms with Gasteiger partial charge in [0.1, 0.15) is 0 Å². The third-order valence-electron chi connectivity index (χ3n) is 0. The van der Waals surface area contributed by atoms with Crippen molar-refractivity contribution in [3.05, 3.63) is 0 Å². The molecule has 0 nitrogen and oxygen atoms in total. The van der Waals surface area contributed by atoms with Crippen LogP contribution in [0.25, 0.3) is 0 Å². The van der Waals surface area contributed by atoms with Crippen LogP contribution in [-0.4, -0.2) is 51.2 Å². The summed E-state index contributed by atoms with van der Waals surface area (Å²) in [6.45, 7) is 0. The van der Waals surface area contributed by atoms with Crippen LogP contribution in [0.5, 0.6) is 0 Å². The van der Waals surface area contributed by atoms with Crippen LogP contribution in [0.2, 0.25) is 0 Å². The molecule has 0 aliphatic rings. The Bertz CT molecular complexity index is 8.00. The van der Waals surface area contributed by atoms with Crippen LogP contribution in [0.15, 0.2) is 0 Å². The van der Waals surface area contributed by atoms with Crippen molar-refractivity contribution in [2.75, 3.05) is 0 Å². The van der Waals surface area contributed by atoms with Gasteiger partial charge < -0.3 is 0 Å². The molecular formula is H4PbSnTiZr. The van der Waals surface area contributed by atoms with Gasteiger partial charge in [-0.25, -0.2) is 0 Å². The summed E-state index contributed by atoms with van der Waals surface area (Å²) in [5.41, 5.74) is 0. The first-order valence-electron chi connectivity index (χ1n) is 0. The smallest absolute Gasteiger partial charge is 0 e. The number of rotatable bonds is 0. The molecule has 0 aliphatic heterocycles. The summed E-state index contributed by atoms with van der Waals surface area (Å²) in [5, 5.41) is 0. The Kier molecular flexibility index (Phi) is 108. The average molecular weight is 469 g/mol. The maximum Gasteiger partial charge on any atom is 0 e. The molecule has 0 unspecified atom stereocenters. The fraction of sp³-hybridized carbons (Fsp3) is 0. The third kappa shape index (κ3) is 9.01. The Morgan fingerprint density at radius 1 is 1.00 bits per heavy atom. The van der Waals surface area contributed by atoms with E-state index in [9.17, 15) is 0 Å². The van der Waals surface area contributed by atoms with Crippen molar-refractivity contribution >= 4 is 51.2 Å². The average Bonchev–Trinajstić information content (AvgIpc) is 0. The van der Waals surface area contributed by atoms with Gasteiger partial charge in [0, 0.05) is 47.9 Å². The maximum atomic E-state index is 0. The number of hydrogen-bond donors (Lipinski definition) is 0. The van der Waals surface area contributed by atoms with Crippen LogP contribution in [-0.2, 0) is 47.9 Å². The minimum atomic E-state index is 0. The van der Waals surface area contributed by atoms with Gasteiger partial charge in [-0.15, -0.1) is 0 Å². The van der Waals surface area contributed by atoms with Crippen LogP contribution < -0.4 is 0 Å². The Morgan fingerprint density at radius 2 is 1.00 bits per heavy atom. The predicted octanol–water partition coefficient (Wildman–Crippen LogP) is -1.84. The van der Waals surface area contributed by atoms with Crippen LogP contribution in [0.4, 0.5) is 0 Å². The summed E-state index contributed by atoms with van der Waals surface area (Å²) >= 11 is 0. The summed E-state index contributed by atoms with van der Waals surface area (Å²) in [6, 6.07) is 0. The van der Waals surface area contributed by atoms with E-state index in [1.807, 2.05) is 0 Å². The molecule has 4 heavy (non-hydrogen) atoms. The third-order valence-corrected chi connectivity index (χ3v) is 0. The van der Waals surface area contributed by atoms with E-state index < -0.39 is 0 Å². The molecule has 0 amide bonds. The summed E-state index contributed by atoms with van der Waals surface area (Å²) in [5.74, 6) is 0. The molecule has 4 heteroatoms. The Labute approximate surface area is 97.0 Å². The molecule has 0 saturated heterocycles. The van der Waals surface area contributed by atoms with Gasteiger partial charge in [0.15, 0.2) is 0 Å². The first kappa shape index (κ1) is 26.5. The van der Waals surface area contributed by atoms with E-state index in [1.165, 1.54) is 0 Å². The molecule has 0 aromatic heterocycles. The van der Waals surface area contributed by atoms with Gasteiger partial charge in [0.05, 0.1) is 0 Å². The summed E-state index contributed by atoms with van der Waals surface area (Å²) in [4.78, 5) is 0. The van der Waals surface area contributed by atoms with Crippen molar-refractivity contribution < 1.29 is 47.9 Å². The molecule has 0 aliphatic carbocycles. The maximum absolute atomic E-state index is 0. The molecule has 0 rings (SSSR count). The van der Waals surface area contributed by atoms with Crippen LogP contribution in [0.1, 0.15) is 0 Å². The van der Waals surface area contributed by atoms with Crippen molar-refractivity contribution in [2.45, 2.75) is 0 Å². The molecule has 0 aromatic rings. The molecule has 0 saturated carbocycles. The fourth-order valence-electron chi connectivity index (χ4n) is 0. The Morgan fingerprint density at radius 3 is 1.00 bits per heavy atom. The first-order chi connectivity index (χ1) is 0. The quantitative estimate of drug-likeness (QED) is 0.367. The second kappa shape index (κ2) is 16.2. The molecule has 0 aromatic carbocycles. The zero-order chi connectivity index (χ0) is 0. The Balaban J connectivity index is 0. The van der Waals surface area contributed by atoms with Crippen molar-refractivity contribution in [2.24, 2.45) is 0 Å². The van der Waals surface area contributed by atoms with Crippen LogP contribution in [0.3, 0.4) is 0 Å². The van der Waals surface area contributed by atoms with E-state index in [0.717, 1.165) is 0 Å². The molecule has 0 spiro atoms. The SMILES string of the molecule is [PbH2].[SnH2].[Ti].[Zr]. The molecule has 0 fully saturated rings. The van der Waals surface area contributed by atoms with Gasteiger partial charge in [-0.2, -0.15) is 0 Å². The normalized spacial score (nSPS) is 0. The monoisotopic (exact) mass is 470 g/mol. The summed E-state index contributed by atoms with van der Waals surface area (Å²) in [6.07, 6.45) is 0. The molecular weight excluding hydrogens is 465 g/mol. The topological polar surface area (TPSA) is 0 Å². The molecule has 20 valence electrons. The second-order valence-corrected chi connectivity index (χ2v) is 0. The van der Waals surface area contributed by atoms with Crippen molar-refractivity contribution in [1.29, 1.82) is 0 Å². The van der Waals surface area contributed by atoms with Gasteiger partial charge in [-0.3, -0.25) is 0 Å². The van der Waals surface area contributed by atoms with E-state index >= 15 is 0 Å². The van der Waals surface area contributed by atoms with E-state index in [0.29, 0.717) is 0 Å². The fourth-order valence-corrected chi connectivity index (χ4v) is 0. The van der Waals surface area contributed by atoms with E-state index in [2.05, 4.69) is 0 Å². The minimum Gasteiger partial charge on any atom is 0 e. The largest absolute Gasteiger partial charge is 0 e. The first-order valence-corrected chi connectivity index (χ1v) is 0. The van der Waals surface area contributed by atoms with Crippen molar-refractivity contribution in [3.63, 3.8) is 0 Å². The zero-order valence-electron chi connectivity index (χ0n) is 2.41. The Hall–Kier alpha value is 3.32. The molecule has 0 atom stereocenters. The van der Waals surface area contributed by atoms with Gasteiger partial charge in [0.25, 0.3) is 0 Å². The molecule has 4 radical (unpaired) electrons. The van der Waals surface area contributed by atoms with Crippen LogP contribution >= 0.6 is 0 Å². The van der Waals surface area contributed by atoms with Gasteiger partial charge in [-0.05, 0) is 0 Å². The standard InChI is InChI=1S/Pb.Sn.Ti.Zr.4H. The molecule has 0 heterocycles. The zero-order valence-corrected chi connectivity index (χ0v) is 16.0. The summed E-state index contributed by atoms with van der Waals surface area (Å²) in [7, 11) is 0. The van der Waals surface area contributed by atoms with Gasteiger partial charge in [-0.1, -0.05) is 0 Å². The van der Waals surface area contributed by atoms with Crippen molar-refractivity contribution in [1.82, 2.24) is 0 Å². The van der Waals surface area contributed by atoms with Crippen molar-refractivity contribution in [3.8, 4) is 0 Å². The van der Waals surface area contributed by atoms with Gasteiger partial charge in [0.2, 0.25) is 0 Å². The molecule has 0 N–H and O–H groups in total. The predicted molar refractivity (Wildman–Crippen MR) is 17.1 cm³/mol. The number of hydrogen-bond acceptors (Lipinski definition) is 0. The summed E-state index contributed by atoms with van der Waals surface area (Å²) < 4.78 is 0. The second-order valence-electron chi connectivity index (χ2n) is 0. The van der Waals surface area contributed by atoms with E-state index in [-0.39, 0.29) is 99.1 Å². The van der Waals surface area contributed by atoms with Gasteiger partial charge >= 0.3 is 51.2 Å². The van der Waals surface area contributed by atoms with E-state index in [1.54, 1.807) is 0 Å². The van der Waals surface area contributed by atoms with E-state index in [4.69, 9.17) is 0 Å². The molecule has 0 bridgehead atoms. The van der Waals surface area contributed by atoms with Crippen LogP contribution in [0, 0.1) is 0 Å².